The van der Waals surface area contributed by atoms with Crippen LogP contribution in [0, 0.1) is 5.41 Å². The Morgan fingerprint density at radius 3 is 2.33 bits per heavy atom. The minimum absolute atomic E-state index is 0.0901. The van der Waals surface area contributed by atoms with Crippen molar-refractivity contribution in [2.45, 2.75) is 19.8 Å². The van der Waals surface area contributed by atoms with Gasteiger partial charge in [-0.3, -0.25) is 14.5 Å². The van der Waals surface area contributed by atoms with Crippen molar-refractivity contribution in [1.82, 2.24) is 9.80 Å². The minimum atomic E-state index is 0.0901. The van der Waals surface area contributed by atoms with E-state index in [-0.39, 0.29) is 18.3 Å². The summed E-state index contributed by atoms with van der Waals surface area (Å²) in [5, 5.41) is 0. The molecule has 0 N–H and O–H groups in total. The Bertz CT molecular complexity index is 327. The normalized spacial score (nSPS) is 22.9. The fourth-order valence-corrected chi connectivity index (χ4v) is 3.09. The van der Waals surface area contributed by atoms with Gasteiger partial charge in [0.05, 0.1) is 6.54 Å². The molecular weight excluding hydrogens is 232 g/mol. The topological polar surface area (TPSA) is 49.9 Å². The monoisotopic (exact) mass is 254 g/mol. The third kappa shape index (κ3) is 2.90. The van der Waals surface area contributed by atoms with Crippen molar-refractivity contribution >= 4 is 11.7 Å². The fraction of sp³-hybridized carbons (Fsp3) is 0.846. The molecule has 2 saturated heterocycles. The molecule has 0 saturated carbocycles. The zero-order chi connectivity index (χ0) is 13.2. The predicted molar refractivity (Wildman–Crippen MR) is 67.2 cm³/mol. The molecule has 0 aromatic heterocycles. The van der Waals surface area contributed by atoms with Crippen LogP contribution in [0.15, 0.2) is 0 Å². The van der Waals surface area contributed by atoms with Crippen LogP contribution in [-0.2, 0) is 14.3 Å². The Morgan fingerprint density at radius 2 is 1.83 bits per heavy atom. The van der Waals surface area contributed by atoms with E-state index in [2.05, 4.69) is 4.90 Å². The number of amides is 1. The third-order valence-corrected chi connectivity index (χ3v) is 4.01. The molecule has 18 heavy (non-hydrogen) atoms. The largest absolute Gasteiger partial charge is 0.375 e. The van der Waals surface area contributed by atoms with Crippen molar-refractivity contribution in [2.75, 3.05) is 46.4 Å². The summed E-state index contributed by atoms with van der Waals surface area (Å²) >= 11 is 0. The zero-order valence-electron chi connectivity index (χ0n) is 11.3. The highest BCUT2D eigenvalue weighted by molar-refractivity contribution is 5.78. The van der Waals surface area contributed by atoms with Gasteiger partial charge in [-0.15, -0.1) is 0 Å². The first kappa shape index (κ1) is 13.5. The van der Waals surface area contributed by atoms with Gasteiger partial charge in [-0.1, -0.05) is 0 Å². The number of carbonyl (C=O) groups is 2. The maximum absolute atomic E-state index is 11.7. The zero-order valence-corrected chi connectivity index (χ0v) is 11.3. The summed E-state index contributed by atoms with van der Waals surface area (Å²) in [5.74, 6) is 0.324. The molecule has 102 valence electrons. The maximum atomic E-state index is 11.7. The number of ether oxygens (including phenoxy) is 1. The van der Waals surface area contributed by atoms with Crippen LogP contribution in [-0.4, -0.2) is 67.9 Å². The molecule has 2 rings (SSSR count). The number of Topliss-reactive ketones (excluding diaryl/α,β-unsaturated/α-hetero) is 1. The van der Waals surface area contributed by atoms with Gasteiger partial charge in [-0.25, -0.2) is 0 Å². The SMILES string of the molecule is COCC(=O)N1CCC2(CC1)CN(CC(C)=O)C2. The third-order valence-electron chi connectivity index (χ3n) is 4.01. The molecule has 0 aliphatic carbocycles. The average molecular weight is 254 g/mol. The van der Waals surface area contributed by atoms with E-state index >= 15 is 0 Å². The molecule has 2 aliphatic heterocycles. The number of hydrogen-bond donors (Lipinski definition) is 0. The summed E-state index contributed by atoms with van der Waals surface area (Å²) in [6.07, 6.45) is 2.10. The van der Waals surface area contributed by atoms with E-state index in [0.29, 0.717) is 12.0 Å². The van der Waals surface area contributed by atoms with Crippen molar-refractivity contribution in [3.8, 4) is 0 Å². The second-order valence-electron chi connectivity index (χ2n) is 5.66. The number of rotatable bonds is 4. The van der Waals surface area contributed by atoms with Crippen molar-refractivity contribution in [3.63, 3.8) is 0 Å². The lowest BCUT2D eigenvalue weighted by molar-refractivity contribution is -0.140. The van der Waals surface area contributed by atoms with Crippen molar-refractivity contribution < 1.29 is 14.3 Å². The first-order valence-corrected chi connectivity index (χ1v) is 6.53. The van der Waals surface area contributed by atoms with Gasteiger partial charge in [0, 0.05) is 33.3 Å². The molecule has 2 aliphatic rings. The van der Waals surface area contributed by atoms with E-state index in [1.54, 1.807) is 14.0 Å². The lowest BCUT2D eigenvalue weighted by Gasteiger charge is -2.53. The Hall–Kier alpha value is -0.940. The predicted octanol–water partition coefficient (Wildman–Crippen LogP) is 0.146. The van der Waals surface area contributed by atoms with E-state index in [9.17, 15) is 9.59 Å². The molecule has 0 radical (unpaired) electrons. The number of methoxy groups -OCH3 is 1. The molecule has 5 nitrogen and oxygen atoms in total. The van der Waals surface area contributed by atoms with E-state index < -0.39 is 0 Å². The molecule has 1 spiro atoms. The van der Waals surface area contributed by atoms with E-state index in [4.69, 9.17) is 4.74 Å². The Kier molecular flexibility index (Phi) is 4.02. The summed E-state index contributed by atoms with van der Waals surface area (Å²) in [6, 6.07) is 0. The van der Waals surface area contributed by atoms with Crippen molar-refractivity contribution in [2.24, 2.45) is 5.41 Å². The van der Waals surface area contributed by atoms with Gasteiger partial charge in [0.25, 0.3) is 0 Å². The van der Waals surface area contributed by atoms with Gasteiger partial charge in [0.1, 0.15) is 12.4 Å². The molecule has 0 unspecified atom stereocenters. The van der Waals surface area contributed by atoms with Gasteiger partial charge < -0.3 is 9.64 Å². The molecule has 0 atom stereocenters. The molecule has 0 aromatic carbocycles. The lowest BCUT2D eigenvalue weighted by atomic mass is 9.72. The van der Waals surface area contributed by atoms with Crippen molar-refractivity contribution in [1.29, 1.82) is 0 Å². The summed E-state index contributed by atoms with van der Waals surface area (Å²) < 4.78 is 4.87. The van der Waals surface area contributed by atoms with Crippen LogP contribution < -0.4 is 0 Å². The standard InChI is InChI=1S/C13H22N2O3/c1-11(16)7-14-9-13(10-14)3-5-15(6-4-13)12(17)8-18-2/h3-10H2,1-2H3. The summed E-state index contributed by atoms with van der Waals surface area (Å²) in [5.41, 5.74) is 0.360. The summed E-state index contributed by atoms with van der Waals surface area (Å²) in [4.78, 5) is 26.8. The van der Waals surface area contributed by atoms with Gasteiger partial charge in [0.2, 0.25) is 5.91 Å². The van der Waals surface area contributed by atoms with E-state index in [1.807, 2.05) is 4.90 Å². The first-order valence-electron chi connectivity index (χ1n) is 6.53. The fourth-order valence-electron chi connectivity index (χ4n) is 3.09. The molecule has 5 heteroatoms. The lowest BCUT2D eigenvalue weighted by Crippen LogP contribution is -2.61. The van der Waals surface area contributed by atoms with Gasteiger partial charge in [-0.05, 0) is 25.2 Å². The summed E-state index contributed by atoms with van der Waals surface area (Å²) in [6.45, 7) is 6.08. The Balaban J connectivity index is 1.75. The summed E-state index contributed by atoms with van der Waals surface area (Å²) in [7, 11) is 1.55. The molecule has 0 bridgehead atoms. The molecular formula is C13H22N2O3. The first-order chi connectivity index (χ1) is 8.54. The number of likely N-dealkylation sites (tertiary alicyclic amines) is 2. The number of ketones is 1. The second-order valence-corrected chi connectivity index (χ2v) is 5.66. The number of nitrogens with zero attached hydrogens (tertiary/aromatic N) is 2. The van der Waals surface area contributed by atoms with Crippen LogP contribution in [0.2, 0.25) is 0 Å². The minimum Gasteiger partial charge on any atom is -0.375 e. The Labute approximate surface area is 108 Å². The van der Waals surface area contributed by atoms with Crippen LogP contribution in [0.5, 0.6) is 0 Å². The van der Waals surface area contributed by atoms with Crippen LogP contribution in [0.1, 0.15) is 19.8 Å². The molecule has 2 heterocycles. The average Bonchev–Trinajstić information content (AvgIpc) is 2.27. The van der Waals surface area contributed by atoms with E-state index in [0.717, 1.165) is 39.0 Å². The molecule has 1 amide bonds. The number of carbonyl (C=O) groups excluding carboxylic acids is 2. The molecule has 2 fully saturated rings. The van der Waals surface area contributed by atoms with Gasteiger partial charge in [0.15, 0.2) is 0 Å². The van der Waals surface area contributed by atoms with Crippen LogP contribution in [0.3, 0.4) is 0 Å². The van der Waals surface area contributed by atoms with Gasteiger partial charge >= 0.3 is 0 Å². The van der Waals surface area contributed by atoms with Crippen LogP contribution in [0.4, 0.5) is 0 Å². The van der Waals surface area contributed by atoms with Crippen molar-refractivity contribution in [3.05, 3.63) is 0 Å². The number of piperidine rings is 1. The quantitative estimate of drug-likeness (QED) is 0.716. The van der Waals surface area contributed by atoms with Crippen LogP contribution >= 0.6 is 0 Å². The highest BCUT2D eigenvalue weighted by Gasteiger charge is 2.45. The van der Waals surface area contributed by atoms with Gasteiger partial charge in [-0.2, -0.15) is 0 Å². The highest BCUT2D eigenvalue weighted by atomic mass is 16.5. The van der Waals surface area contributed by atoms with Crippen LogP contribution in [0.25, 0.3) is 0 Å². The maximum Gasteiger partial charge on any atom is 0.248 e. The number of hydrogen-bond acceptors (Lipinski definition) is 4. The second kappa shape index (κ2) is 5.36. The highest BCUT2D eigenvalue weighted by Crippen LogP contribution is 2.40. The smallest absolute Gasteiger partial charge is 0.248 e. The van der Waals surface area contributed by atoms with E-state index in [1.165, 1.54) is 0 Å². The Morgan fingerprint density at radius 1 is 1.22 bits per heavy atom. The molecule has 0 aromatic rings.